The van der Waals surface area contributed by atoms with Crippen LogP contribution in [0.3, 0.4) is 0 Å². The van der Waals surface area contributed by atoms with Gasteiger partial charge in [0.05, 0.1) is 25.8 Å². The molecule has 0 bridgehead atoms. The first-order chi connectivity index (χ1) is 16.4. The molecule has 0 radical (unpaired) electrons. The van der Waals surface area contributed by atoms with Gasteiger partial charge in [-0.1, -0.05) is 38.1 Å². The van der Waals surface area contributed by atoms with Crippen LogP contribution < -0.4 is 14.2 Å². The highest BCUT2D eigenvalue weighted by atomic mass is 19.1. The molecule has 4 rings (SSSR count). The summed E-state index contributed by atoms with van der Waals surface area (Å²) in [5.41, 5.74) is 3.24. The first-order valence-electron chi connectivity index (χ1n) is 11.5. The zero-order chi connectivity index (χ0) is 24.2. The summed E-state index contributed by atoms with van der Waals surface area (Å²) in [6.07, 6.45) is 0.621. The van der Waals surface area contributed by atoms with Crippen molar-refractivity contribution in [2.24, 2.45) is 0 Å². The SMILES string of the molecule is COc1cc2c(cc1OC)[C@H](COc1ccc(C(C)C)cc1)N(C(=O)c1ccccc1F)CC2. The van der Waals surface area contributed by atoms with Gasteiger partial charge in [-0.3, -0.25) is 4.79 Å². The molecular formula is C28H30FNO4. The molecule has 0 unspecified atom stereocenters. The molecule has 6 heteroatoms. The monoisotopic (exact) mass is 463 g/mol. The van der Waals surface area contributed by atoms with Crippen molar-refractivity contribution in [2.45, 2.75) is 32.2 Å². The Balaban J connectivity index is 1.69. The maximum Gasteiger partial charge on any atom is 0.257 e. The van der Waals surface area contributed by atoms with E-state index in [1.165, 1.54) is 17.7 Å². The number of fused-ring (bicyclic) bond motifs is 1. The van der Waals surface area contributed by atoms with Crippen molar-refractivity contribution in [2.75, 3.05) is 27.4 Å². The Morgan fingerprint density at radius 2 is 1.71 bits per heavy atom. The minimum absolute atomic E-state index is 0.0534. The lowest BCUT2D eigenvalue weighted by Crippen LogP contribution is -2.43. The normalized spacial score (nSPS) is 15.1. The first-order valence-corrected chi connectivity index (χ1v) is 11.5. The molecule has 34 heavy (non-hydrogen) atoms. The van der Waals surface area contributed by atoms with E-state index >= 15 is 0 Å². The molecular weight excluding hydrogens is 433 g/mol. The number of benzene rings is 3. The van der Waals surface area contributed by atoms with Gasteiger partial charge in [0.2, 0.25) is 0 Å². The third-order valence-electron chi connectivity index (χ3n) is 6.32. The van der Waals surface area contributed by atoms with Gasteiger partial charge in [0.15, 0.2) is 11.5 Å². The Labute approximate surface area is 200 Å². The van der Waals surface area contributed by atoms with Gasteiger partial charge < -0.3 is 19.1 Å². The number of ether oxygens (including phenoxy) is 3. The molecule has 0 aliphatic carbocycles. The van der Waals surface area contributed by atoms with E-state index in [1.807, 2.05) is 36.4 Å². The first kappa shape index (κ1) is 23.6. The van der Waals surface area contributed by atoms with Gasteiger partial charge in [0.25, 0.3) is 5.91 Å². The number of carbonyl (C=O) groups excluding carboxylic acids is 1. The second-order valence-electron chi connectivity index (χ2n) is 8.68. The molecule has 1 aliphatic rings. The molecule has 3 aromatic carbocycles. The Kier molecular flexibility index (Phi) is 7.06. The molecule has 5 nitrogen and oxygen atoms in total. The quantitative estimate of drug-likeness (QED) is 0.445. The summed E-state index contributed by atoms with van der Waals surface area (Å²) < 4.78 is 31.6. The zero-order valence-corrected chi connectivity index (χ0v) is 20.0. The van der Waals surface area contributed by atoms with Crippen LogP contribution in [0.2, 0.25) is 0 Å². The fourth-order valence-electron chi connectivity index (χ4n) is 4.36. The van der Waals surface area contributed by atoms with Gasteiger partial charge in [0.1, 0.15) is 18.2 Å². The van der Waals surface area contributed by atoms with Crippen molar-refractivity contribution in [1.82, 2.24) is 4.90 Å². The molecule has 0 aromatic heterocycles. The maximum atomic E-state index is 14.5. The third kappa shape index (κ3) is 4.72. The summed E-state index contributed by atoms with van der Waals surface area (Å²) in [7, 11) is 3.18. The number of halogens is 1. The molecule has 0 fully saturated rings. The van der Waals surface area contributed by atoms with Crippen LogP contribution in [0.4, 0.5) is 4.39 Å². The number of rotatable bonds is 7. The number of carbonyl (C=O) groups is 1. The minimum Gasteiger partial charge on any atom is -0.493 e. The van der Waals surface area contributed by atoms with Crippen LogP contribution in [0.25, 0.3) is 0 Å². The van der Waals surface area contributed by atoms with E-state index < -0.39 is 11.9 Å². The van der Waals surface area contributed by atoms with E-state index in [9.17, 15) is 9.18 Å². The Hall–Kier alpha value is -3.54. The zero-order valence-electron chi connectivity index (χ0n) is 20.0. The van der Waals surface area contributed by atoms with Crippen molar-refractivity contribution in [3.8, 4) is 17.2 Å². The highest BCUT2D eigenvalue weighted by molar-refractivity contribution is 5.95. The second-order valence-corrected chi connectivity index (χ2v) is 8.68. The molecule has 0 saturated carbocycles. The summed E-state index contributed by atoms with van der Waals surface area (Å²) in [5.74, 6) is 1.47. The summed E-state index contributed by atoms with van der Waals surface area (Å²) in [4.78, 5) is 15.1. The van der Waals surface area contributed by atoms with Crippen molar-refractivity contribution >= 4 is 5.91 Å². The maximum absolute atomic E-state index is 14.5. The predicted octanol–water partition coefficient (Wildman–Crippen LogP) is 5.78. The van der Waals surface area contributed by atoms with Crippen LogP contribution in [0, 0.1) is 5.82 Å². The van der Waals surface area contributed by atoms with Gasteiger partial charge in [-0.2, -0.15) is 0 Å². The number of hydrogen-bond donors (Lipinski definition) is 0. The van der Waals surface area contributed by atoms with Gasteiger partial charge in [0, 0.05) is 6.54 Å². The van der Waals surface area contributed by atoms with Crippen LogP contribution in [-0.4, -0.2) is 38.2 Å². The van der Waals surface area contributed by atoms with Crippen LogP contribution in [0.5, 0.6) is 17.2 Å². The molecule has 1 aliphatic heterocycles. The topological polar surface area (TPSA) is 48.0 Å². The Morgan fingerprint density at radius 3 is 2.35 bits per heavy atom. The Morgan fingerprint density at radius 1 is 1.03 bits per heavy atom. The van der Waals surface area contributed by atoms with Crippen LogP contribution in [0.15, 0.2) is 60.7 Å². The molecule has 0 spiro atoms. The average Bonchev–Trinajstić information content (AvgIpc) is 2.86. The van der Waals surface area contributed by atoms with E-state index in [1.54, 1.807) is 31.3 Å². The molecule has 0 N–H and O–H groups in total. The smallest absolute Gasteiger partial charge is 0.257 e. The summed E-state index contributed by atoms with van der Waals surface area (Å²) in [5, 5.41) is 0. The van der Waals surface area contributed by atoms with E-state index in [-0.39, 0.29) is 18.1 Å². The Bertz CT molecular complexity index is 1160. The third-order valence-corrected chi connectivity index (χ3v) is 6.32. The fraction of sp³-hybridized carbons (Fsp3) is 0.321. The van der Waals surface area contributed by atoms with Gasteiger partial charge >= 0.3 is 0 Å². The number of nitrogens with zero attached hydrogens (tertiary/aromatic N) is 1. The van der Waals surface area contributed by atoms with Crippen LogP contribution in [0.1, 0.15) is 52.9 Å². The molecule has 178 valence electrons. The lowest BCUT2D eigenvalue weighted by atomic mass is 9.91. The van der Waals surface area contributed by atoms with E-state index in [0.717, 1.165) is 16.9 Å². The van der Waals surface area contributed by atoms with Crippen molar-refractivity contribution < 1.29 is 23.4 Å². The lowest BCUT2D eigenvalue weighted by molar-refractivity contribution is 0.0584. The molecule has 3 aromatic rings. The van der Waals surface area contributed by atoms with Crippen molar-refractivity contribution in [3.63, 3.8) is 0 Å². The van der Waals surface area contributed by atoms with E-state index in [0.29, 0.717) is 30.4 Å². The minimum atomic E-state index is -0.533. The van der Waals surface area contributed by atoms with Gasteiger partial charge in [-0.05, 0) is 65.4 Å². The average molecular weight is 464 g/mol. The van der Waals surface area contributed by atoms with Gasteiger partial charge in [-0.15, -0.1) is 0 Å². The largest absolute Gasteiger partial charge is 0.493 e. The van der Waals surface area contributed by atoms with Gasteiger partial charge in [-0.25, -0.2) is 4.39 Å². The number of amides is 1. The second kappa shape index (κ2) is 10.2. The summed E-state index contributed by atoms with van der Waals surface area (Å²) in [6, 6.07) is 17.5. The molecule has 1 amide bonds. The highest BCUT2D eigenvalue weighted by Gasteiger charge is 2.34. The molecule has 1 atom stereocenters. The molecule has 0 saturated heterocycles. The van der Waals surface area contributed by atoms with Crippen molar-refractivity contribution in [1.29, 1.82) is 0 Å². The van der Waals surface area contributed by atoms with Crippen LogP contribution >= 0.6 is 0 Å². The fourth-order valence-corrected chi connectivity index (χ4v) is 4.36. The summed E-state index contributed by atoms with van der Waals surface area (Å²) in [6.45, 7) is 4.95. The number of methoxy groups -OCH3 is 2. The van der Waals surface area contributed by atoms with Crippen molar-refractivity contribution in [3.05, 3.63) is 88.7 Å². The standard InChI is InChI=1S/C28H30FNO4/c1-18(2)19-9-11-21(12-10-19)34-17-25-23-16-27(33-4)26(32-3)15-20(23)13-14-30(25)28(31)22-7-5-6-8-24(22)29/h5-12,15-16,18,25H,13-14,17H2,1-4H3/t25-/m0/s1. The lowest BCUT2D eigenvalue weighted by Gasteiger charge is -2.37. The molecule has 1 heterocycles. The van der Waals surface area contributed by atoms with E-state index in [4.69, 9.17) is 14.2 Å². The van der Waals surface area contributed by atoms with E-state index in [2.05, 4.69) is 13.8 Å². The highest BCUT2D eigenvalue weighted by Crippen LogP contribution is 2.39. The summed E-state index contributed by atoms with van der Waals surface area (Å²) >= 11 is 0. The predicted molar refractivity (Wildman–Crippen MR) is 129 cm³/mol. The van der Waals surface area contributed by atoms with Crippen LogP contribution in [-0.2, 0) is 6.42 Å². The number of hydrogen-bond acceptors (Lipinski definition) is 4.